The van der Waals surface area contributed by atoms with Crippen LogP contribution in [-0.4, -0.2) is 48.1 Å². The zero-order chi connectivity index (χ0) is 26.6. The van der Waals surface area contributed by atoms with E-state index in [2.05, 4.69) is 21.1 Å². The van der Waals surface area contributed by atoms with Crippen molar-refractivity contribution >= 4 is 17.8 Å². The molecule has 0 aliphatic rings. The van der Waals surface area contributed by atoms with Gasteiger partial charge in [-0.15, -0.1) is 0 Å². The number of unbranched alkanes of at least 4 members (excludes halogenated alkanes) is 1. The van der Waals surface area contributed by atoms with Gasteiger partial charge in [0.05, 0.1) is 12.6 Å². The molecule has 0 saturated heterocycles. The van der Waals surface area contributed by atoms with Crippen LogP contribution < -0.4 is 16.0 Å². The Hall–Kier alpha value is -3.90. The Morgan fingerprint density at radius 3 is 2.62 bits per heavy atom. The molecule has 3 aromatic rings. The second-order valence-electron chi connectivity index (χ2n) is 8.11. The summed E-state index contributed by atoms with van der Waals surface area (Å²) < 4.78 is 50.5. The lowest BCUT2D eigenvalue weighted by Crippen LogP contribution is -2.43. The van der Waals surface area contributed by atoms with Crippen molar-refractivity contribution in [2.45, 2.75) is 31.8 Å². The first kappa shape index (κ1) is 27.7. The molecule has 0 radical (unpaired) electrons. The Kier molecular flexibility index (Phi) is 10.5. The minimum atomic E-state index is -0.978. The van der Waals surface area contributed by atoms with Crippen LogP contribution in [0.2, 0.25) is 0 Å². The predicted molar refractivity (Wildman–Crippen MR) is 128 cm³/mol. The molecular weight excluding hydrogens is 493 g/mol. The van der Waals surface area contributed by atoms with Crippen LogP contribution in [-0.2, 0) is 16.1 Å². The highest BCUT2D eigenvalue weighted by Crippen LogP contribution is 2.22. The van der Waals surface area contributed by atoms with Crippen molar-refractivity contribution in [1.29, 1.82) is 0 Å². The molecule has 0 bridgehead atoms. The highest BCUT2D eigenvalue weighted by molar-refractivity contribution is 5.84. The van der Waals surface area contributed by atoms with Gasteiger partial charge in [-0.05, 0) is 49.6 Å². The molecule has 0 unspecified atom stereocenters. The van der Waals surface area contributed by atoms with Crippen molar-refractivity contribution in [3.63, 3.8) is 0 Å². The number of halogens is 3. The number of hydrogen-bond acceptors (Lipinski definition) is 7. The maximum absolute atomic E-state index is 13.7. The second kappa shape index (κ2) is 14.0. The molecule has 0 aliphatic heterocycles. The third-order valence-corrected chi connectivity index (χ3v) is 5.24. The van der Waals surface area contributed by atoms with Crippen LogP contribution in [0.3, 0.4) is 0 Å². The molecule has 12 heteroatoms. The van der Waals surface area contributed by atoms with E-state index in [-0.39, 0.29) is 37.7 Å². The molecule has 0 fully saturated rings. The number of nitrogens with zero attached hydrogens (tertiary/aromatic N) is 1. The average Bonchev–Trinajstić information content (AvgIpc) is 3.34. The Morgan fingerprint density at radius 1 is 1.08 bits per heavy atom. The molecule has 1 aromatic heterocycles. The van der Waals surface area contributed by atoms with E-state index in [1.807, 2.05) is 0 Å². The summed E-state index contributed by atoms with van der Waals surface area (Å²) in [5.41, 5.74) is 0.651. The molecule has 1 heterocycles. The number of aliphatic hydroxyl groups excluding tert-OH is 1. The molecule has 2 amide bonds. The van der Waals surface area contributed by atoms with Gasteiger partial charge < -0.3 is 25.0 Å². The first-order chi connectivity index (χ1) is 17.9. The quantitative estimate of drug-likeness (QED) is 0.253. The fraction of sp³-hybridized carbons (Fsp3) is 0.320. The van der Waals surface area contributed by atoms with Crippen LogP contribution >= 0.6 is 0 Å². The molecule has 3 rings (SSSR count). The number of amides is 2. The van der Waals surface area contributed by atoms with E-state index in [0.29, 0.717) is 30.6 Å². The summed E-state index contributed by atoms with van der Waals surface area (Å²) in [7, 11) is 0. The van der Waals surface area contributed by atoms with Crippen LogP contribution in [0.1, 0.15) is 24.8 Å². The Balaban J connectivity index is 1.46. The van der Waals surface area contributed by atoms with E-state index in [9.17, 15) is 22.8 Å². The number of carbonyl (C=O) groups excluding carboxylic acids is 2. The summed E-state index contributed by atoms with van der Waals surface area (Å²) in [6.45, 7) is -0.415. The number of nitrogens with one attached hydrogen (secondary N) is 3. The number of aliphatic hydroxyl groups is 1. The molecule has 0 aliphatic carbocycles. The standard InChI is InChI=1S/C25H27F3N4O5/c26-18-9-7-16(8-10-18)21-12-22(32-37-21)31-25(35)36-15-19(5-1-2-11-33)30-23(34)14-29-13-17-4-3-6-20(27)24(17)28/h3-4,6-10,12,19,29,33H,1-2,5,11,13-15H2,(H,30,34)(H,31,32,35)/t19-/m0/s1. The fourth-order valence-corrected chi connectivity index (χ4v) is 3.38. The van der Waals surface area contributed by atoms with Gasteiger partial charge in [-0.1, -0.05) is 17.3 Å². The van der Waals surface area contributed by atoms with Crippen molar-refractivity contribution in [3.05, 3.63) is 71.5 Å². The Bertz CT molecular complexity index is 1170. The van der Waals surface area contributed by atoms with Crippen LogP contribution in [0.15, 0.2) is 53.1 Å². The first-order valence-electron chi connectivity index (χ1n) is 11.6. The van der Waals surface area contributed by atoms with Gasteiger partial charge in [0.25, 0.3) is 0 Å². The molecule has 4 N–H and O–H groups in total. The summed E-state index contributed by atoms with van der Waals surface area (Å²) in [5, 5.41) is 20.6. The summed E-state index contributed by atoms with van der Waals surface area (Å²) in [6.07, 6.45) is 0.663. The number of ether oxygens (including phenoxy) is 1. The van der Waals surface area contributed by atoms with E-state index in [0.717, 1.165) is 6.07 Å². The summed E-state index contributed by atoms with van der Waals surface area (Å²) in [6, 6.07) is 10.2. The second-order valence-corrected chi connectivity index (χ2v) is 8.11. The third-order valence-electron chi connectivity index (χ3n) is 5.24. The van der Waals surface area contributed by atoms with Crippen molar-refractivity contribution in [2.75, 3.05) is 25.1 Å². The lowest BCUT2D eigenvalue weighted by molar-refractivity contribution is -0.121. The minimum Gasteiger partial charge on any atom is -0.447 e. The number of rotatable bonds is 13. The van der Waals surface area contributed by atoms with Gasteiger partial charge in [-0.25, -0.2) is 18.0 Å². The smallest absolute Gasteiger partial charge is 0.412 e. The van der Waals surface area contributed by atoms with Gasteiger partial charge in [0, 0.05) is 30.3 Å². The van der Waals surface area contributed by atoms with Crippen LogP contribution in [0.5, 0.6) is 0 Å². The largest absolute Gasteiger partial charge is 0.447 e. The van der Waals surface area contributed by atoms with E-state index in [1.54, 1.807) is 0 Å². The third kappa shape index (κ3) is 8.92. The normalized spacial score (nSPS) is 11.7. The van der Waals surface area contributed by atoms with Crippen molar-refractivity contribution in [2.24, 2.45) is 0 Å². The van der Waals surface area contributed by atoms with Crippen molar-refractivity contribution < 1.29 is 37.1 Å². The molecule has 2 aromatic carbocycles. The number of hydrogen-bond donors (Lipinski definition) is 4. The maximum Gasteiger partial charge on any atom is 0.412 e. The number of benzene rings is 2. The number of carbonyl (C=O) groups is 2. The molecular formula is C25H27F3N4O5. The summed E-state index contributed by atoms with van der Waals surface area (Å²) in [4.78, 5) is 24.5. The minimum absolute atomic E-state index is 0.0225. The molecule has 0 saturated carbocycles. The van der Waals surface area contributed by atoms with Crippen LogP contribution in [0.4, 0.5) is 23.8 Å². The van der Waals surface area contributed by atoms with Gasteiger partial charge in [0.2, 0.25) is 5.91 Å². The van der Waals surface area contributed by atoms with Crippen LogP contribution in [0, 0.1) is 17.5 Å². The SMILES string of the molecule is O=C(CNCc1cccc(F)c1F)N[C@@H](CCCCO)COC(=O)Nc1cc(-c2ccc(F)cc2)on1. The van der Waals surface area contributed by atoms with Gasteiger partial charge in [0.15, 0.2) is 23.2 Å². The highest BCUT2D eigenvalue weighted by atomic mass is 19.2. The Labute approximate surface area is 211 Å². The fourth-order valence-electron chi connectivity index (χ4n) is 3.38. The molecule has 9 nitrogen and oxygen atoms in total. The van der Waals surface area contributed by atoms with E-state index in [4.69, 9.17) is 14.4 Å². The predicted octanol–water partition coefficient (Wildman–Crippen LogP) is 3.74. The lowest BCUT2D eigenvalue weighted by Gasteiger charge is -2.19. The molecule has 0 spiro atoms. The summed E-state index contributed by atoms with van der Waals surface area (Å²) in [5.74, 6) is -2.39. The average molecular weight is 521 g/mol. The number of aromatic nitrogens is 1. The Morgan fingerprint density at radius 2 is 1.86 bits per heavy atom. The van der Waals surface area contributed by atoms with E-state index >= 15 is 0 Å². The molecule has 37 heavy (non-hydrogen) atoms. The van der Waals surface area contributed by atoms with E-state index < -0.39 is 35.5 Å². The summed E-state index contributed by atoms with van der Waals surface area (Å²) >= 11 is 0. The number of anilines is 1. The zero-order valence-corrected chi connectivity index (χ0v) is 19.8. The first-order valence-corrected chi connectivity index (χ1v) is 11.6. The van der Waals surface area contributed by atoms with Gasteiger partial charge in [0.1, 0.15) is 12.4 Å². The zero-order valence-electron chi connectivity index (χ0n) is 19.8. The lowest BCUT2D eigenvalue weighted by atomic mass is 10.1. The maximum atomic E-state index is 13.7. The van der Waals surface area contributed by atoms with Crippen molar-refractivity contribution in [1.82, 2.24) is 15.8 Å². The van der Waals surface area contributed by atoms with E-state index in [1.165, 1.54) is 42.5 Å². The highest BCUT2D eigenvalue weighted by Gasteiger charge is 2.17. The molecule has 1 atom stereocenters. The monoisotopic (exact) mass is 520 g/mol. The molecule has 198 valence electrons. The van der Waals surface area contributed by atoms with Gasteiger partial charge in [-0.3, -0.25) is 10.1 Å². The van der Waals surface area contributed by atoms with Crippen LogP contribution in [0.25, 0.3) is 11.3 Å². The van der Waals surface area contributed by atoms with Gasteiger partial charge >= 0.3 is 6.09 Å². The topological polar surface area (TPSA) is 126 Å². The van der Waals surface area contributed by atoms with Gasteiger partial charge in [-0.2, -0.15) is 0 Å². The van der Waals surface area contributed by atoms with Crippen molar-refractivity contribution in [3.8, 4) is 11.3 Å².